The van der Waals surface area contributed by atoms with Gasteiger partial charge in [0.15, 0.2) is 5.76 Å². The Morgan fingerprint density at radius 1 is 1.10 bits per heavy atom. The maximum Gasteiger partial charge on any atom is 0.409 e. The van der Waals surface area contributed by atoms with Crippen LogP contribution in [0.1, 0.15) is 82.7 Å². The third-order valence-corrected chi connectivity index (χ3v) is 12.5. The third-order valence-electron chi connectivity index (χ3n) is 12.5. The van der Waals surface area contributed by atoms with E-state index in [0.29, 0.717) is 38.2 Å². The number of allylic oxidation sites excluding steroid dienone is 4. The molecule has 8 heteroatoms. The van der Waals surface area contributed by atoms with Crippen LogP contribution in [0.4, 0.5) is 4.79 Å². The van der Waals surface area contributed by atoms with Crippen molar-refractivity contribution in [1.82, 2.24) is 4.90 Å². The van der Waals surface area contributed by atoms with Crippen molar-refractivity contribution in [3.05, 3.63) is 48.0 Å². The molecule has 1 amide bonds. The number of ether oxygens (including phenoxy) is 2. The molecule has 6 aliphatic rings. The fourth-order valence-electron chi connectivity index (χ4n) is 10.3. The minimum absolute atomic E-state index is 0.000146. The molecular weight excluding hydrogens is 534 g/mol. The van der Waals surface area contributed by atoms with E-state index in [1.165, 1.54) is 0 Å². The van der Waals surface area contributed by atoms with E-state index in [4.69, 9.17) is 13.9 Å². The van der Waals surface area contributed by atoms with Crippen molar-refractivity contribution < 1.29 is 33.7 Å². The van der Waals surface area contributed by atoms with Crippen molar-refractivity contribution in [2.75, 3.05) is 33.4 Å². The number of furan rings is 1. The quantitative estimate of drug-likeness (QED) is 0.224. The van der Waals surface area contributed by atoms with Crippen LogP contribution in [0.3, 0.4) is 0 Å². The zero-order chi connectivity index (χ0) is 30.0. The SMILES string of the molecule is CCOC(=O)N(CCCOC)C[C@]1(O)CC[C@H]2[C@]34C=C[C@@]5(C=C3C(=O)c3ccco3)CC(O)CC[C@]5(C)[C@H]4CC[C@@]21C. The Kier molecular flexibility index (Phi) is 7.30. The van der Waals surface area contributed by atoms with Crippen molar-refractivity contribution in [3.8, 4) is 0 Å². The highest BCUT2D eigenvalue weighted by Crippen LogP contribution is 2.78. The van der Waals surface area contributed by atoms with Crippen molar-refractivity contribution in [2.24, 2.45) is 33.5 Å². The lowest BCUT2D eigenvalue weighted by Crippen LogP contribution is -2.67. The highest BCUT2D eigenvalue weighted by Gasteiger charge is 2.74. The van der Waals surface area contributed by atoms with Crippen molar-refractivity contribution >= 4 is 11.9 Å². The highest BCUT2D eigenvalue weighted by molar-refractivity contribution is 6.08. The summed E-state index contributed by atoms with van der Waals surface area (Å²) in [4.78, 5) is 29.0. The number of ketones is 1. The zero-order valence-electron chi connectivity index (χ0n) is 25.6. The van der Waals surface area contributed by atoms with E-state index in [1.54, 1.807) is 37.3 Å². The predicted octanol–water partition coefficient (Wildman–Crippen LogP) is 5.55. The summed E-state index contributed by atoms with van der Waals surface area (Å²) in [5, 5.41) is 23.4. The Morgan fingerprint density at radius 2 is 1.83 bits per heavy atom. The van der Waals surface area contributed by atoms with Crippen molar-refractivity contribution in [3.63, 3.8) is 0 Å². The smallest absolute Gasteiger partial charge is 0.409 e. The van der Waals surface area contributed by atoms with E-state index >= 15 is 0 Å². The molecule has 0 aliphatic heterocycles. The largest absolute Gasteiger partial charge is 0.461 e. The van der Waals surface area contributed by atoms with Gasteiger partial charge >= 0.3 is 6.09 Å². The molecule has 2 spiro atoms. The number of carbonyl (C=O) groups is 2. The number of hydrogen-bond donors (Lipinski definition) is 2. The molecule has 1 aromatic heterocycles. The summed E-state index contributed by atoms with van der Waals surface area (Å²) in [6.07, 6.45) is 13.4. The lowest BCUT2D eigenvalue weighted by Gasteiger charge is -2.71. The number of methoxy groups -OCH3 is 1. The topological polar surface area (TPSA) is 109 Å². The average Bonchev–Trinajstić information content (AvgIpc) is 3.59. The molecule has 7 rings (SSSR count). The number of amides is 1. The molecule has 2 N–H and O–H groups in total. The fourth-order valence-corrected chi connectivity index (χ4v) is 10.3. The average molecular weight is 582 g/mol. The molecule has 6 aliphatic carbocycles. The second-order valence-corrected chi connectivity index (χ2v) is 14.1. The lowest BCUT2D eigenvalue weighted by atomic mass is 9.32. The minimum Gasteiger partial charge on any atom is -0.461 e. The van der Waals surface area contributed by atoms with Gasteiger partial charge in [0, 0.05) is 42.1 Å². The Hall–Kier alpha value is -2.42. The summed E-state index contributed by atoms with van der Waals surface area (Å²) in [5.74, 6) is 0.435. The van der Waals surface area contributed by atoms with E-state index in [-0.39, 0.29) is 41.6 Å². The minimum atomic E-state index is -1.14. The number of aliphatic hydroxyl groups is 2. The monoisotopic (exact) mass is 581 g/mol. The third kappa shape index (κ3) is 3.97. The second kappa shape index (κ2) is 10.3. The summed E-state index contributed by atoms with van der Waals surface area (Å²) in [7, 11) is 1.64. The van der Waals surface area contributed by atoms with Gasteiger partial charge in [-0.2, -0.15) is 0 Å². The van der Waals surface area contributed by atoms with Gasteiger partial charge in [0.1, 0.15) is 0 Å². The van der Waals surface area contributed by atoms with Crippen molar-refractivity contribution in [2.45, 2.75) is 83.8 Å². The van der Waals surface area contributed by atoms with Gasteiger partial charge in [-0.1, -0.05) is 32.1 Å². The van der Waals surface area contributed by atoms with Crippen LogP contribution in [0.2, 0.25) is 0 Å². The lowest BCUT2D eigenvalue weighted by molar-refractivity contribution is -0.175. The number of nitrogens with zero attached hydrogens (tertiary/aromatic N) is 1. The number of carbonyl (C=O) groups excluding carboxylic acids is 2. The molecule has 1 aromatic rings. The predicted molar refractivity (Wildman–Crippen MR) is 157 cm³/mol. The number of hydrogen-bond acceptors (Lipinski definition) is 7. The fraction of sp³-hybridized carbons (Fsp3) is 0.706. The van der Waals surface area contributed by atoms with Crippen LogP contribution in [0, 0.1) is 33.5 Å². The molecule has 2 bridgehead atoms. The second-order valence-electron chi connectivity index (χ2n) is 14.1. The van der Waals surface area contributed by atoms with Gasteiger partial charge in [-0.15, -0.1) is 0 Å². The van der Waals surface area contributed by atoms with Crippen LogP contribution < -0.4 is 0 Å². The standard InChI is InChI=1S/C34H47NO7/c1-5-41-29(38)35(17-7-18-40-4)22-33(39)14-11-27-31(33,3)13-10-26-30(2)12-9-23(36)20-32(30)15-16-34(26,27)24(21-32)28(37)25-8-6-19-42-25/h6,8,15-16,19,21,23,26-27,36,39H,5,7,9-14,17-18,20,22H2,1-4H3/t23?,26-,27-,30-,31+,32+,33-,34-/m1/s1. The number of Topliss-reactive ketones (excluding diaryl/α,β-unsaturated/α-hetero) is 1. The molecule has 230 valence electrons. The van der Waals surface area contributed by atoms with E-state index in [2.05, 4.69) is 32.1 Å². The van der Waals surface area contributed by atoms with Gasteiger partial charge in [-0.05, 0) is 87.7 Å². The molecule has 0 radical (unpaired) electrons. The van der Waals surface area contributed by atoms with Crippen LogP contribution in [-0.4, -0.2) is 72.1 Å². The van der Waals surface area contributed by atoms with E-state index in [1.807, 2.05) is 0 Å². The van der Waals surface area contributed by atoms with Gasteiger partial charge in [0.05, 0.1) is 31.1 Å². The van der Waals surface area contributed by atoms with Crippen LogP contribution in [0.15, 0.2) is 46.6 Å². The Labute approximate surface area is 249 Å². The molecule has 42 heavy (non-hydrogen) atoms. The summed E-state index contributed by atoms with van der Waals surface area (Å²) < 4.78 is 16.3. The van der Waals surface area contributed by atoms with Gasteiger partial charge < -0.3 is 29.0 Å². The van der Waals surface area contributed by atoms with E-state index in [9.17, 15) is 19.8 Å². The van der Waals surface area contributed by atoms with Gasteiger partial charge in [0.2, 0.25) is 5.78 Å². The Balaban J connectivity index is 1.42. The van der Waals surface area contributed by atoms with Crippen LogP contribution in [-0.2, 0) is 9.47 Å². The summed E-state index contributed by atoms with van der Waals surface area (Å²) in [6.45, 7) is 7.75. The molecule has 3 saturated carbocycles. The van der Waals surface area contributed by atoms with Gasteiger partial charge in [-0.25, -0.2) is 4.79 Å². The molecule has 0 saturated heterocycles. The van der Waals surface area contributed by atoms with Gasteiger partial charge in [0.25, 0.3) is 0 Å². The van der Waals surface area contributed by atoms with E-state index < -0.39 is 28.6 Å². The van der Waals surface area contributed by atoms with Crippen LogP contribution >= 0.6 is 0 Å². The first-order valence-electron chi connectivity index (χ1n) is 15.8. The Bertz CT molecular complexity index is 1270. The number of rotatable bonds is 9. The molecule has 1 unspecified atom stereocenters. The Morgan fingerprint density at radius 3 is 2.55 bits per heavy atom. The molecule has 1 heterocycles. The highest BCUT2D eigenvalue weighted by atomic mass is 16.6. The molecule has 3 fully saturated rings. The molecule has 8 nitrogen and oxygen atoms in total. The normalized spacial score (nSPS) is 41.5. The molecular formula is C34H47NO7. The number of fused-ring (bicyclic) bond motifs is 1. The first-order valence-corrected chi connectivity index (χ1v) is 15.8. The van der Waals surface area contributed by atoms with E-state index in [0.717, 1.165) is 37.7 Å². The molecule has 0 aromatic carbocycles. The van der Waals surface area contributed by atoms with Gasteiger partial charge in [-0.3, -0.25) is 4.79 Å². The summed E-state index contributed by atoms with van der Waals surface area (Å²) in [6, 6.07) is 3.48. The molecule has 8 atom stereocenters. The summed E-state index contributed by atoms with van der Waals surface area (Å²) >= 11 is 0. The zero-order valence-corrected chi connectivity index (χ0v) is 25.6. The number of aliphatic hydroxyl groups excluding tert-OH is 1. The van der Waals surface area contributed by atoms with Crippen LogP contribution in [0.5, 0.6) is 0 Å². The first-order chi connectivity index (χ1) is 20.0. The summed E-state index contributed by atoms with van der Waals surface area (Å²) in [5.41, 5.74) is -1.97. The maximum atomic E-state index is 14.3. The first kappa shape index (κ1) is 29.6. The van der Waals surface area contributed by atoms with Crippen LogP contribution in [0.25, 0.3) is 0 Å². The maximum absolute atomic E-state index is 14.3. The van der Waals surface area contributed by atoms with Crippen molar-refractivity contribution in [1.29, 1.82) is 0 Å².